The number of benzene rings is 2. The third kappa shape index (κ3) is 2.19. The fourth-order valence-corrected chi connectivity index (χ4v) is 2.88. The van der Waals surface area contributed by atoms with Crippen LogP contribution in [0.3, 0.4) is 0 Å². The van der Waals surface area contributed by atoms with Crippen molar-refractivity contribution in [2.75, 3.05) is 7.11 Å². The SMILES string of the molecule is COc1ccc(-n2c(-c3cccn3C)nc3ccccc32)cc1. The summed E-state index contributed by atoms with van der Waals surface area (Å²) in [5.41, 5.74) is 4.22. The zero-order valence-electron chi connectivity index (χ0n) is 13.1. The van der Waals surface area contributed by atoms with Crippen LogP contribution in [0.4, 0.5) is 0 Å². The molecule has 0 bridgehead atoms. The summed E-state index contributed by atoms with van der Waals surface area (Å²) in [6, 6.07) is 20.4. The van der Waals surface area contributed by atoms with Crippen LogP contribution in [0.1, 0.15) is 0 Å². The quantitative estimate of drug-likeness (QED) is 0.572. The minimum atomic E-state index is 0.846. The Kier molecular flexibility index (Phi) is 3.15. The molecule has 0 N–H and O–H groups in total. The lowest BCUT2D eigenvalue weighted by molar-refractivity contribution is 0.415. The van der Waals surface area contributed by atoms with Crippen molar-refractivity contribution in [3.8, 4) is 23.0 Å². The number of para-hydroxylation sites is 2. The first-order chi connectivity index (χ1) is 11.3. The zero-order valence-corrected chi connectivity index (χ0v) is 13.1. The number of rotatable bonds is 3. The summed E-state index contributed by atoms with van der Waals surface area (Å²) in [6.45, 7) is 0. The molecular weight excluding hydrogens is 286 g/mol. The van der Waals surface area contributed by atoms with Gasteiger partial charge in [-0.1, -0.05) is 12.1 Å². The van der Waals surface area contributed by atoms with E-state index >= 15 is 0 Å². The molecule has 4 heteroatoms. The van der Waals surface area contributed by atoms with Gasteiger partial charge in [-0.3, -0.25) is 4.57 Å². The maximum Gasteiger partial charge on any atom is 0.162 e. The fourth-order valence-electron chi connectivity index (χ4n) is 2.88. The summed E-state index contributed by atoms with van der Waals surface area (Å²) < 4.78 is 9.54. The lowest BCUT2D eigenvalue weighted by Crippen LogP contribution is -2.00. The van der Waals surface area contributed by atoms with Crippen molar-refractivity contribution in [1.82, 2.24) is 14.1 Å². The molecule has 2 aromatic carbocycles. The van der Waals surface area contributed by atoms with Gasteiger partial charge in [-0.25, -0.2) is 4.98 Å². The molecule has 4 rings (SSSR count). The molecule has 2 heterocycles. The average Bonchev–Trinajstić information content (AvgIpc) is 3.18. The number of methoxy groups -OCH3 is 1. The van der Waals surface area contributed by atoms with Crippen LogP contribution in [0.2, 0.25) is 0 Å². The Bertz CT molecular complexity index is 964. The van der Waals surface area contributed by atoms with Crippen molar-refractivity contribution in [2.24, 2.45) is 7.05 Å². The highest BCUT2D eigenvalue weighted by Crippen LogP contribution is 2.29. The number of aryl methyl sites for hydroxylation is 1. The summed E-state index contributed by atoms with van der Waals surface area (Å²) in [5, 5.41) is 0. The maximum absolute atomic E-state index is 5.27. The Morgan fingerprint density at radius 3 is 2.39 bits per heavy atom. The molecule has 0 spiro atoms. The van der Waals surface area contributed by atoms with Crippen molar-refractivity contribution in [2.45, 2.75) is 0 Å². The van der Waals surface area contributed by atoms with Gasteiger partial charge in [-0.05, 0) is 48.5 Å². The van der Waals surface area contributed by atoms with Gasteiger partial charge in [0, 0.05) is 18.9 Å². The molecule has 0 aliphatic carbocycles. The number of imidazole rings is 1. The van der Waals surface area contributed by atoms with E-state index in [2.05, 4.69) is 33.4 Å². The summed E-state index contributed by atoms with van der Waals surface area (Å²) in [7, 11) is 3.71. The van der Waals surface area contributed by atoms with Gasteiger partial charge >= 0.3 is 0 Å². The number of ether oxygens (including phenoxy) is 1. The first-order valence-corrected chi connectivity index (χ1v) is 7.51. The molecular formula is C19H17N3O. The normalized spacial score (nSPS) is 11.0. The topological polar surface area (TPSA) is 32.0 Å². The molecule has 4 nitrogen and oxygen atoms in total. The van der Waals surface area contributed by atoms with E-state index in [-0.39, 0.29) is 0 Å². The Morgan fingerprint density at radius 1 is 0.913 bits per heavy atom. The summed E-state index contributed by atoms with van der Waals surface area (Å²) in [6.07, 6.45) is 2.03. The van der Waals surface area contributed by atoms with Crippen molar-refractivity contribution in [3.63, 3.8) is 0 Å². The standard InChI is InChI=1S/C19H17N3O/c1-21-13-5-8-18(21)19-20-16-6-3-4-7-17(16)22(19)14-9-11-15(23-2)12-10-14/h3-13H,1-2H3. The van der Waals surface area contributed by atoms with Crippen LogP contribution in [0.5, 0.6) is 5.75 Å². The van der Waals surface area contributed by atoms with Crippen LogP contribution < -0.4 is 4.74 Å². The Hall–Kier alpha value is -3.01. The second-order valence-corrected chi connectivity index (χ2v) is 5.46. The molecule has 0 unspecified atom stereocenters. The lowest BCUT2D eigenvalue weighted by Gasteiger charge is -2.11. The average molecular weight is 303 g/mol. The van der Waals surface area contributed by atoms with Gasteiger partial charge in [0.05, 0.1) is 23.8 Å². The number of hydrogen-bond acceptors (Lipinski definition) is 2. The molecule has 0 aliphatic rings. The largest absolute Gasteiger partial charge is 0.497 e. The predicted octanol–water partition coefficient (Wildman–Crippen LogP) is 4.04. The van der Waals surface area contributed by atoms with Gasteiger partial charge in [0.25, 0.3) is 0 Å². The number of hydrogen-bond donors (Lipinski definition) is 0. The van der Waals surface area contributed by atoms with E-state index in [9.17, 15) is 0 Å². The van der Waals surface area contributed by atoms with E-state index in [0.29, 0.717) is 0 Å². The second kappa shape index (κ2) is 5.32. The van der Waals surface area contributed by atoms with Crippen LogP contribution in [0, 0.1) is 0 Å². The van der Waals surface area contributed by atoms with Crippen LogP contribution in [0.25, 0.3) is 28.2 Å². The third-order valence-electron chi connectivity index (χ3n) is 4.06. The van der Waals surface area contributed by atoms with Gasteiger partial charge in [0.15, 0.2) is 5.82 Å². The predicted molar refractivity (Wildman–Crippen MR) is 92.0 cm³/mol. The minimum Gasteiger partial charge on any atom is -0.497 e. The highest BCUT2D eigenvalue weighted by Gasteiger charge is 2.15. The molecule has 4 aromatic rings. The van der Waals surface area contributed by atoms with E-state index in [4.69, 9.17) is 9.72 Å². The number of fused-ring (bicyclic) bond motifs is 1. The summed E-state index contributed by atoms with van der Waals surface area (Å²) in [5.74, 6) is 1.78. The van der Waals surface area contributed by atoms with Gasteiger partial charge in [-0.2, -0.15) is 0 Å². The molecule has 0 atom stereocenters. The Morgan fingerprint density at radius 2 is 1.70 bits per heavy atom. The smallest absolute Gasteiger partial charge is 0.162 e. The van der Waals surface area contributed by atoms with Crippen molar-refractivity contribution >= 4 is 11.0 Å². The Labute approximate surface area is 134 Å². The van der Waals surface area contributed by atoms with Gasteiger partial charge in [-0.15, -0.1) is 0 Å². The molecule has 2 aromatic heterocycles. The van der Waals surface area contributed by atoms with Crippen molar-refractivity contribution < 1.29 is 4.74 Å². The van der Waals surface area contributed by atoms with Crippen LogP contribution in [0.15, 0.2) is 66.9 Å². The van der Waals surface area contributed by atoms with E-state index in [1.165, 1.54) is 0 Å². The zero-order chi connectivity index (χ0) is 15.8. The third-order valence-corrected chi connectivity index (χ3v) is 4.06. The van der Waals surface area contributed by atoms with Gasteiger partial charge in [0.1, 0.15) is 5.75 Å². The highest BCUT2D eigenvalue weighted by atomic mass is 16.5. The van der Waals surface area contributed by atoms with E-state index in [1.807, 2.05) is 49.6 Å². The van der Waals surface area contributed by atoms with Crippen LogP contribution in [-0.4, -0.2) is 21.2 Å². The summed E-state index contributed by atoms with van der Waals surface area (Å²) in [4.78, 5) is 4.85. The molecule has 0 aliphatic heterocycles. The molecule has 114 valence electrons. The molecule has 0 radical (unpaired) electrons. The molecule has 0 saturated heterocycles. The van der Waals surface area contributed by atoms with E-state index < -0.39 is 0 Å². The van der Waals surface area contributed by atoms with Crippen molar-refractivity contribution in [3.05, 3.63) is 66.9 Å². The first-order valence-electron chi connectivity index (χ1n) is 7.51. The molecule has 23 heavy (non-hydrogen) atoms. The summed E-state index contributed by atoms with van der Waals surface area (Å²) >= 11 is 0. The molecule has 0 amide bonds. The number of aromatic nitrogens is 3. The maximum atomic E-state index is 5.27. The van der Waals surface area contributed by atoms with Crippen LogP contribution in [-0.2, 0) is 7.05 Å². The number of nitrogens with zero attached hydrogens (tertiary/aromatic N) is 3. The Balaban J connectivity index is 2.01. The monoisotopic (exact) mass is 303 g/mol. The molecule has 0 saturated carbocycles. The second-order valence-electron chi connectivity index (χ2n) is 5.46. The van der Waals surface area contributed by atoms with E-state index in [1.54, 1.807) is 7.11 Å². The van der Waals surface area contributed by atoms with Crippen molar-refractivity contribution in [1.29, 1.82) is 0 Å². The lowest BCUT2D eigenvalue weighted by atomic mass is 10.2. The van der Waals surface area contributed by atoms with Gasteiger partial charge in [0.2, 0.25) is 0 Å². The fraction of sp³-hybridized carbons (Fsp3) is 0.105. The minimum absolute atomic E-state index is 0.846. The molecule has 0 fully saturated rings. The van der Waals surface area contributed by atoms with Gasteiger partial charge < -0.3 is 9.30 Å². The first kappa shape index (κ1) is 13.6. The van der Waals surface area contributed by atoms with E-state index in [0.717, 1.165) is 34.0 Å². The van der Waals surface area contributed by atoms with Crippen LogP contribution >= 0.6 is 0 Å². The highest BCUT2D eigenvalue weighted by molar-refractivity contribution is 5.82.